The van der Waals surface area contributed by atoms with Gasteiger partial charge >= 0.3 is 0 Å². The van der Waals surface area contributed by atoms with Crippen molar-refractivity contribution in [3.8, 4) is 17.6 Å². The van der Waals surface area contributed by atoms with Gasteiger partial charge in [0.1, 0.15) is 24.1 Å². The maximum Gasteiger partial charge on any atom is 0.264 e. The maximum absolute atomic E-state index is 13.9. The van der Waals surface area contributed by atoms with Crippen LogP contribution < -0.4 is 9.47 Å². The molecule has 0 unspecified atom stereocenters. The molecule has 1 aliphatic rings. The average Bonchev–Trinajstić information content (AvgIpc) is 2.77. The molecule has 1 heterocycles. The van der Waals surface area contributed by atoms with Gasteiger partial charge in [-0.05, 0) is 52.4 Å². The van der Waals surface area contributed by atoms with Crippen LogP contribution in [0.3, 0.4) is 0 Å². The Hall–Kier alpha value is -2.64. The van der Waals surface area contributed by atoms with E-state index in [1.807, 2.05) is 6.07 Å². The number of halogens is 2. The molecule has 0 saturated carbocycles. The fraction of sp³-hybridized carbons (Fsp3) is 0.273. The van der Waals surface area contributed by atoms with Crippen molar-refractivity contribution in [3.05, 3.63) is 62.5 Å². The summed E-state index contributed by atoms with van der Waals surface area (Å²) in [5.74, 6) is 0.234. The summed E-state index contributed by atoms with van der Waals surface area (Å²) in [6.07, 6.45) is 1.53. The van der Waals surface area contributed by atoms with Gasteiger partial charge in [0.2, 0.25) is 0 Å². The second-order valence-electron chi connectivity index (χ2n) is 6.49. The topological polar surface area (TPSA) is 71.8 Å². The smallest absolute Gasteiger partial charge is 0.264 e. The van der Waals surface area contributed by atoms with Crippen LogP contribution in [0.2, 0.25) is 0 Å². The number of nitriles is 1. The number of hydrogen-bond donors (Lipinski definition) is 0. The Morgan fingerprint density at radius 2 is 2.07 bits per heavy atom. The second kappa shape index (κ2) is 10.4. The van der Waals surface area contributed by atoms with E-state index in [1.165, 1.54) is 19.3 Å². The molecule has 3 rings (SSSR count). The molecule has 1 amide bonds. The summed E-state index contributed by atoms with van der Waals surface area (Å²) in [7, 11) is 1.50. The van der Waals surface area contributed by atoms with E-state index < -0.39 is 0 Å². The summed E-state index contributed by atoms with van der Waals surface area (Å²) in [6.45, 7) is 1.89. The molecule has 2 aromatic rings. The van der Waals surface area contributed by atoms with Gasteiger partial charge in [-0.3, -0.25) is 4.79 Å². The Labute approximate surface area is 188 Å². The number of carbonyl (C=O) groups excluding carboxylic acids is 1. The van der Waals surface area contributed by atoms with Crippen molar-refractivity contribution in [2.75, 3.05) is 33.4 Å². The van der Waals surface area contributed by atoms with E-state index in [-0.39, 0.29) is 23.9 Å². The van der Waals surface area contributed by atoms with Crippen molar-refractivity contribution in [1.82, 2.24) is 4.90 Å². The Kier molecular flexibility index (Phi) is 7.65. The van der Waals surface area contributed by atoms with Gasteiger partial charge in [-0.15, -0.1) is 0 Å². The minimum Gasteiger partial charge on any atom is -0.493 e. The molecule has 0 radical (unpaired) electrons. The second-order valence-corrected chi connectivity index (χ2v) is 7.65. The van der Waals surface area contributed by atoms with Crippen molar-refractivity contribution < 1.29 is 23.4 Å². The van der Waals surface area contributed by atoms with Gasteiger partial charge in [-0.1, -0.05) is 18.2 Å². The molecule has 8 heteroatoms. The number of hydrogen-bond acceptors (Lipinski definition) is 5. The fourth-order valence-corrected chi connectivity index (χ4v) is 3.75. The Bertz CT molecular complexity index is 997. The molecule has 0 bridgehead atoms. The maximum atomic E-state index is 13.9. The van der Waals surface area contributed by atoms with Crippen LogP contribution in [-0.4, -0.2) is 44.2 Å². The predicted octanol–water partition coefficient (Wildman–Crippen LogP) is 3.78. The van der Waals surface area contributed by atoms with Crippen molar-refractivity contribution in [1.29, 1.82) is 5.26 Å². The van der Waals surface area contributed by atoms with Crippen LogP contribution in [0.25, 0.3) is 6.08 Å². The van der Waals surface area contributed by atoms with Crippen molar-refractivity contribution in [2.24, 2.45) is 0 Å². The lowest BCUT2D eigenvalue weighted by atomic mass is 10.1. The molecule has 2 aromatic carbocycles. The zero-order chi connectivity index (χ0) is 21.5. The lowest BCUT2D eigenvalue weighted by Crippen LogP contribution is -2.41. The minimum absolute atomic E-state index is 0.0368. The summed E-state index contributed by atoms with van der Waals surface area (Å²) in [5.41, 5.74) is 1.10. The number of nitrogens with zero attached hydrogens (tertiary/aromatic N) is 2. The molecule has 0 aromatic heterocycles. The molecular formula is C22H20FIN2O4. The van der Waals surface area contributed by atoms with E-state index in [4.69, 9.17) is 14.2 Å². The van der Waals surface area contributed by atoms with Crippen LogP contribution in [0, 0.1) is 20.7 Å². The summed E-state index contributed by atoms with van der Waals surface area (Å²) < 4.78 is 31.1. The van der Waals surface area contributed by atoms with Gasteiger partial charge in [0, 0.05) is 18.7 Å². The summed E-state index contributed by atoms with van der Waals surface area (Å²) in [4.78, 5) is 14.2. The van der Waals surface area contributed by atoms with Gasteiger partial charge in [0.05, 0.1) is 23.9 Å². The molecule has 0 N–H and O–H groups in total. The van der Waals surface area contributed by atoms with Gasteiger partial charge < -0.3 is 19.1 Å². The molecule has 1 aliphatic heterocycles. The van der Waals surface area contributed by atoms with Gasteiger partial charge in [-0.25, -0.2) is 4.39 Å². The molecule has 0 aliphatic carbocycles. The predicted molar refractivity (Wildman–Crippen MR) is 117 cm³/mol. The highest BCUT2D eigenvalue weighted by Crippen LogP contribution is 2.35. The van der Waals surface area contributed by atoms with Crippen LogP contribution in [-0.2, 0) is 16.1 Å². The van der Waals surface area contributed by atoms with E-state index in [0.29, 0.717) is 52.5 Å². The number of morpholine rings is 1. The summed E-state index contributed by atoms with van der Waals surface area (Å²) in [5, 5.41) is 9.48. The SMILES string of the molecule is COc1cc(/C=C(\C#N)C(=O)N2CCOCC2)cc(I)c1OCc1ccccc1F. The van der Waals surface area contributed by atoms with Crippen LogP contribution in [0.15, 0.2) is 42.0 Å². The zero-order valence-electron chi connectivity index (χ0n) is 16.4. The first-order valence-electron chi connectivity index (χ1n) is 9.26. The number of rotatable bonds is 6. The van der Waals surface area contributed by atoms with Crippen molar-refractivity contribution in [2.45, 2.75) is 6.61 Å². The Balaban J connectivity index is 1.83. The monoisotopic (exact) mass is 522 g/mol. The molecule has 30 heavy (non-hydrogen) atoms. The van der Waals surface area contributed by atoms with Gasteiger partial charge in [0.15, 0.2) is 11.5 Å². The van der Waals surface area contributed by atoms with Crippen LogP contribution >= 0.6 is 22.6 Å². The number of ether oxygens (including phenoxy) is 3. The summed E-state index contributed by atoms with van der Waals surface area (Å²) >= 11 is 2.08. The molecule has 156 valence electrons. The van der Waals surface area contributed by atoms with Gasteiger partial charge in [0.25, 0.3) is 5.91 Å². The minimum atomic E-state index is -0.341. The van der Waals surface area contributed by atoms with E-state index in [9.17, 15) is 14.4 Å². The largest absolute Gasteiger partial charge is 0.493 e. The third kappa shape index (κ3) is 5.29. The lowest BCUT2D eigenvalue weighted by Gasteiger charge is -2.26. The van der Waals surface area contributed by atoms with Crippen LogP contribution in [0.1, 0.15) is 11.1 Å². The molecule has 1 fully saturated rings. The summed E-state index contributed by atoms with van der Waals surface area (Å²) in [6, 6.07) is 11.8. The molecule has 0 atom stereocenters. The Morgan fingerprint density at radius 1 is 1.33 bits per heavy atom. The normalized spacial score (nSPS) is 14.2. The Morgan fingerprint density at radius 3 is 2.73 bits per heavy atom. The highest BCUT2D eigenvalue weighted by Gasteiger charge is 2.21. The molecule has 0 spiro atoms. The lowest BCUT2D eigenvalue weighted by molar-refractivity contribution is -0.130. The number of carbonyl (C=O) groups is 1. The van der Waals surface area contributed by atoms with E-state index >= 15 is 0 Å². The number of methoxy groups -OCH3 is 1. The van der Waals surface area contributed by atoms with Crippen molar-refractivity contribution >= 4 is 34.6 Å². The third-order valence-corrected chi connectivity index (χ3v) is 5.34. The van der Waals surface area contributed by atoms with E-state index in [2.05, 4.69) is 22.6 Å². The first-order valence-corrected chi connectivity index (χ1v) is 10.3. The van der Waals surface area contributed by atoms with Crippen LogP contribution in [0.5, 0.6) is 11.5 Å². The quantitative estimate of drug-likeness (QED) is 0.328. The number of amides is 1. The standard InChI is InChI=1S/C22H20FIN2O4/c1-28-20-12-15(10-17(13-25)22(27)26-6-8-29-9-7-26)11-19(24)21(20)30-14-16-4-2-3-5-18(16)23/h2-5,10-12H,6-9,14H2,1H3/b17-10+. The first kappa shape index (κ1) is 22.1. The third-order valence-electron chi connectivity index (χ3n) is 4.54. The molecule has 1 saturated heterocycles. The first-order chi connectivity index (χ1) is 14.5. The number of benzene rings is 2. The fourth-order valence-electron chi connectivity index (χ4n) is 2.97. The van der Waals surface area contributed by atoms with Crippen LogP contribution in [0.4, 0.5) is 4.39 Å². The molecule has 6 nitrogen and oxygen atoms in total. The highest BCUT2D eigenvalue weighted by atomic mass is 127. The highest BCUT2D eigenvalue weighted by molar-refractivity contribution is 14.1. The van der Waals surface area contributed by atoms with Gasteiger partial charge in [-0.2, -0.15) is 5.26 Å². The molecular weight excluding hydrogens is 502 g/mol. The van der Waals surface area contributed by atoms with E-state index in [0.717, 1.165) is 0 Å². The zero-order valence-corrected chi connectivity index (χ0v) is 18.5. The van der Waals surface area contributed by atoms with Crippen molar-refractivity contribution in [3.63, 3.8) is 0 Å². The average molecular weight is 522 g/mol. The van der Waals surface area contributed by atoms with E-state index in [1.54, 1.807) is 35.2 Å².